The molecule has 2 aromatic carbocycles. The molecule has 0 spiro atoms. The number of amides is 2. The van der Waals surface area contributed by atoms with Crippen molar-refractivity contribution in [3.8, 4) is 11.1 Å². The van der Waals surface area contributed by atoms with E-state index in [1.54, 1.807) is 29.5 Å². The van der Waals surface area contributed by atoms with E-state index in [4.69, 9.17) is 23.2 Å². The third-order valence-corrected chi connectivity index (χ3v) is 8.94. The number of aryl methyl sites for hydroxylation is 2. The molecule has 0 saturated carbocycles. The zero-order valence-corrected chi connectivity index (χ0v) is 24.3. The van der Waals surface area contributed by atoms with Gasteiger partial charge in [-0.2, -0.15) is 5.26 Å². The molecule has 2 aromatic heterocycles. The Labute approximate surface area is 246 Å². The van der Waals surface area contributed by atoms with E-state index in [2.05, 4.69) is 15.2 Å². The van der Waals surface area contributed by atoms with Crippen LogP contribution in [0.1, 0.15) is 50.6 Å². The number of hydrogen-bond acceptors (Lipinski definition) is 4. The normalized spacial score (nSPS) is 12.9. The lowest BCUT2D eigenvalue weighted by Gasteiger charge is -2.14. The summed E-state index contributed by atoms with van der Waals surface area (Å²) in [5.74, 6) is -0.691. The number of carbonyl (C=O) groups is 2. The lowest BCUT2D eigenvalue weighted by Crippen LogP contribution is -2.17. The Morgan fingerprint density at radius 3 is 2.45 bits per heavy atom. The van der Waals surface area contributed by atoms with E-state index in [1.165, 1.54) is 10.9 Å². The minimum atomic E-state index is -0.555. The van der Waals surface area contributed by atoms with Crippen LogP contribution in [-0.4, -0.2) is 16.4 Å². The fourth-order valence-electron chi connectivity index (χ4n) is 4.98. The monoisotopic (exact) mass is 588 g/mol. The third kappa shape index (κ3) is 5.57. The zero-order valence-electron chi connectivity index (χ0n) is 22.0. The first-order valence-electron chi connectivity index (χ1n) is 12.8. The van der Waals surface area contributed by atoms with Gasteiger partial charge in [0, 0.05) is 27.6 Å². The van der Waals surface area contributed by atoms with Gasteiger partial charge in [0.05, 0.1) is 15.6 Å². The van der Waals surface area contributed by atoms with Gasteiger partial charge in [0.1, 0.15) is 16.6 Å². The summed E-state index contributed by atoms with van der Waals surface area (Å²) >= 11 is 13.7. The number of thiophene rings is 1. The van der Waals surface area contributed by atoms with Crippen LogP contribution in [-0.2, 0) is 17.6 Å². The maximum Gasteiger partial charge on any atom is 0.266 e. The number of hydrogen-bond donors (Lipinski definition) is 2. The molecular formula is C31H26Cl2N4O2S. The van der Waals surface area contributed by atoms with Crippen LogP contribution in [0.3, 0.4) is 0 Å². The molecule has 2 amide bonds. The second kappa shape index (κ2) is 11.7. The average molecular weight is 590 g/mol. The lowest BCUT2D eigenvalue weighted by atomic mass is 9.95. The SMILES string of the molecule is Cc1cc(/C=C(/C#N)C(=O)Nc2ccc(Cl)c(Cl)c2)c(C)n1-c1sc2c(c1C(=O)Nc1ccccc1)CCCC2. The van der Waals surface area contributed by atoms with E-state index >= 15 is 0 Å². The van der Waals surface area contributed by atoms with Gasteiger partial charge in [-0.25, -0.2) is 0 Å². The van der Waals surface area contributed by atoms with E-state index in [9.17, 15) is 14.9 Å². The summed E-state index contributed by atoms with van der Waals surface area (Å²) in [6, 6.07) is 18.1. The number of nitrogens with zero attached hydrogens (tertiary/aromatic N) is 2. The van der Waals surface area contributed by atoms with Crippen LogP contribution in [0.5, 0.6) is 0 Å². The Balaban J connectivity index is 1.52. The standard InChI is InChI=1S/C31H26Cl2N4O2S/c1-18-14-20(15-21(17-34)29(38)36-23-12-13-25(32)26(33)16-23)19(2)37(18)31-28(24-10-6-7-11-27(24)40-31)30(39)35-22-8-4-3-5-9-22/h3-5,8-9,12-16H,6-7,10-11H2,1-2H3,(H,35,39)(H,36,38)/b21-15-. The fraction of sp³-hybridized carbons (Fsp3) is 0.194. The summed E-state index contributed by atoms with van der Waals surface area (Å²) in [5, 5.41) is 17.1. The molecule has 5 rings (SSSR count). The highest BCUT2D eigenvalue weighted by Crippen LogP contribution is 2.39. The average Bonchev–Trinajstić information content (AvgIpc) is 3.45. The first kappa shape index (κ1) is 27.7. The van der Waals surface area contributed by atoms with Gasteiger partial charge in [-0.15, -0.1) is 11.3 Å². The summed E-state index contributed by atoms with van der Waals surface area (Å²) in [5.41, 5.74) is 5.38. The van der Waals surface area contributed by atoms with E-state index in [-0.39, 0.29) is 11.5 Å². The third-order valence-electron chi connectivity index (χ3n) is 6.93. The number of rotatable bonds is 6. The largest absolute Gasteiger partial charge is 0.322 e. The molecule has 0 saturated heterocycles. The molecule has 0 bridgehead atoms. The number of nitrogens with one attached hydrogen (secondary N) is 2. The van der Waals surface area contributed by atoms with Crippen molar-refractivity contribution in [1.82, 2.24) is 4.57 Å². The smallest absolute Gasteiger partial charge is 0.266 e. The van der Waals surface area contributed by atoms with Crippen molar-refractivity contribution in [2.75, 3.05) is 10.6 Å². The first-order chi connectivity index (χ1) is 19.3. The number of benzene rings is 2. The molecule has 2 N–H and O–H groups in total. The Morgan fingerprint density at radius 2 is 1.73 bits per heavy atom. The second-order valence-electron chi connectivity index (χ2n) is 9.63. The van der Waals surface area contributed by atoms with E-state index < -0.39 is 5.91 Å². The molecule has 9 heteroatoms. The van der Waals surface area contributed by atoms with E-state index in [0.717, 1.165) is 58.9 Å². The Kier molecular flexibility index (Phi) is 8.13. The summed E-state index contributed by atoms with van der Waals surface area (Å²) in [4.78, 5) is 27.8. The molecule has 0 unspecified atom stereocenters. The predicted molar refractivity (Wildman–Crippen MR) is 163 cm³/mol. The topological polar surface area (TPSA) is 86.9 Å². The van der Waals surface area contributed by atoms with Crippen molar-refractivity contribution in [2.24, 2.45) is 0 Å². The van der Waals surface area contributed by atoms with Crippen LogP contribution in [0.4, 0.5) is 11.4 Å². The molecule has 40 heavy (non-hydrogen) atoms. The van der Waals surface area contributed by atoms with Crippen molar-refractivity contribution >= 4 is 63.8 Å². The van der Waals surface area contributed by atoms with Crippen molar-refractivity contribution < 1.29 is 9.59 Å². The summed E-state index contributed by atoms with van der Waals surface area (Å²) < 4.78 is 2.06. The maximum absolute atomic E-state index is 13.7. The first-order valence-corrected chi connectivity index (χ1v) is 14.4. The van der Waals surface area contributed by atoms with Crippen LogP contribution >= 0.6 is 34.5 Å². The molecule has 2 heterocycles. The zero-order chi connectivity index (χ0) is 28.4. The Morgan fingerprint density at radius 1 is 0.975 bits per heavy atom. The molecule has 202 valence electrons. The second-order valence-corrected chi connectivity index (χ2v) is 11.5. The number of halogens is 2. The number of fused-ring (bicyclic) bond motifs is 1. The van der Waals surface area contributed by atoms with Crippen LogP contribution in [0, 0.1) is 25.2 Å². The van der Waals surface area contributed by atoms with Gasteiger partial charge in [-0.05, 0) is 93.1 Å². The van der Waals surface area contributed by atoms with Crippen LogP contribution in [0.15, 0.2) is 60.2 Å². The molecule has 1 aliphatic rings. The van der Waals surface area contributed by atoms with Crippen molar-refractivity contribution in [3.05, 3.63) is 103 Å². The highest BCUT2D eigenvalue weighted by molar-refractivity contribution is 7.15. The van der Waals surface area contributed by atoms with Crippen molar-refractivity contribution in [3.63, 3.8) is 0 Å². The van der Waals surface area contributed by atoms with Crippen LogP contribution in [0.25, 0.3) is 11.1 Å². The number of carbonyl (C=O) groups excluding carboxylic acids is 2. The quantitative estimate of drug-likeness (QED) is 0.176. The summed E-state index contributed by atoms with van der Waals surface area (Å²) in [6.45, 7) is 3.89. The van der Waals surface area contributed by atoms with Gasteiger partial charge in [0.2, 0.25) is 0 Å². The molecule has 0 fully saturated rings. The van der Waals surface area contributed by atoms with Gasteiger partial charge in [0.15, 0.2) is 0 Å². The molecular weight excluding hydrogens is 563 g/mol. The molecule has 6 nitrogen and oxygen atoms in total. The number of para-hydroxylation sites is 1. The van der Waals surface area contributed by atoms with E-state index in [0.29, 0.717) is 21.3 Å². The van der Waals surface area contributed by atoms with Crippen LogP contribution in [0.2, 0.25) is 10.0 Å². The van der Waals surface area contributed by atoms with Crippen molar-refractivity contribution in [1.29, 1.82) is 5.26 Å². The molecule has 0 aliphatic heterocycles. The van der Waals surface area contributed by atoms with Gasteiger partial charge in [-0.1, -0.05) is 41.4 Å². The minimum absolute atomic E-state index is 0.0566. The summed E-state index contributed by atoms with van der Waals surface area (Å²) in [6.07, 6.45) is 5.53. The number of aromatic nitrogens is 1. The predicted octanol–water partition coefficient (Wildman–Crippen LogP) is 8.14. The lowest BCUT2D eigenvalue weighted by molar-refractivity contribution is -0.112. The number of anilines is 2. The van der Waals surface area contributed by atoms with Crippen LogP contribution < -0.4 is 10.6 Å². The molecule has 1 aliphatic carbocycles. The van der Waals surface area contributed by atoms with Gasteiger partial charge >= 0.3 is 0 Å². The minimum Gasteiger partial charge on any atom is -0.322 e. The highest BCUT2D eigenvalue weighted by Gasteiger charge is 2.28. The Bertz CT molecular complexity index is 1700. The van der Waals surface area contributed by atoms with E-state index in [1.807, 2.05) is 56.3 Å². The molecule has 4 aromatic rings. The number of nitriles is 1. The fourth-order valence-corrected chi connectivity index (χ4v) is 6.78. The Hall–Kier alpha value is -3.83. The molecule has 0 radical (unpaired) electrons. The highest BCUT2D eigenvalue weighted by atomic mass is 35.5. The summed E-state index contributed by atoms with van der Waals surface area (Å²) in [7, 11) is 0. The molecule has 0 atom stereocenters. The maximum atomic E-state index is 13.7. The van der Waals surface area contributed by atoms with Gasteiger partial charge in [0.25, 0.3) is 11.8 Å². The van der Waals surface area contributed by atoms with Crippen molar-refractivity contribution in [2.45, 2.75) is 39.5 Å². The van der Waals surface area contributed by atoms with Gasteiger partial charge < -0.3 is 15.2 Å². The van der Waals surface area contributed by atoms with Gasteiger partial charge in [-0.3, -0.25) is 9.59 Å².